The Bertz CT molecular complexity index is 1020. The fourth-order valence-corrected chi connectivity index (χ4v) is 5.07. The highest BCUT2D eigenvalue weighted by atomic mass is 32.2. The average molecular weight is 447 g/mol. The third-order valence-corrected chi connectivity index (χ3v) is 7.30. The molecule has 31 heavy (non-hydrogen) atoms. The number of nitrogens with one attached hydrogen (secondary N) is 1. The molecule has 1 aromatic carbocycles. The molecule has 1 fully saturated rings. The van der Waals surface area contributed by atoms with E-state index in [1.807, 2.05) is 30.0 Å². The quantitative estimate of drug-likeness (QED) is 0.707. The lowest BCUT2D eigenvalue weighted by Gasteiger charge is -2.33. The molecule has 2 aromatic rings. The first kappa shape index (κ1) is 21.5. The standard InChI is InChI=1S/C21H26N4O5S/c1-16(17-4-5-19-20(13-17)30-12-11-29-19)23-21(26)15-24-7-9-25(10-8-24)31(27,28)18-3-2-6-22-14-18/h2-6,13-14,16H,7-12,15H2,1H3,(H,23,26). The van der Waals surface area contributed by atoms with Crippen LogP contribution in [0.4, 0.5) is 0 Å². The zero-order chi connectivity index (χ0) is 21.8. The van der Waals surface area contributed by atoms with Crippen LogP contribution >= 0.6 is 0 Å². The van der Waals surface area contributed by atoms with Gasteiger partial charge in [-0.3, -0.25) is 14.7 Å². The van der Waals surface area contributed by atoms with Gasteiger partial charge in [0.2, 0.25) is 15.9 Å². The minimum absolute atomic E-state index is 0.106. The number of piperazine rings is 1. The molecular formula is C21H26N4O5S. The summed E-state index contributed by atoms with van der Waals surface area (Å²) < 4.78 is 38.0. The first-order chi connectivity index (χ1) is 14.9. The molecule has 1 N–H and O–H groups in total. The predicted molar refractivity (Wildman–Crippen MR) is 113 cm³/mol. The molecule has 1 aromatic heterocycles. The second-order valence-corrected chi connectivity index (χ2v) is 9.50. The fourth-order valence-electron chi connectivity index (χ4n) is 3.68. The smallest absolute Gasteiger partial charge is 0.244 e. The Morgan fingerprint density at radius 2 is 1.87 bits per heavy atom. The zero-order valence-electron chi connectivity index (χ0n) is 17.4. The first-order valence-electron chi connectivity index (χ1n) is 10.2. The summed E-state index contributed by atoms with van der Waals surface area (Å²) in [7, 11) is -3.56. The number of sulfonamides is 1. The zero-order valence-corrected chi connectivity index (χ0v) is 18.2. The van der Waals surface area contributed by atoms with Crippen molar-refractivity contribution in [1.82, 2.24) is 19.5 Å². The minimum atomic E-state index is -3.56. The van der Waals surface area contributed by atoms with Gasteiger partial charge >= 0.3 is 0 Å². The third kappa shape index (κ3) is 4.97. The number of benzene rings is 1. The van der Waals surface area contributed by atoms with Crippen molar-refractivity contribution in [2.75, 3.05) is 45.9 Å². The van der Waals surface area contributed by atoms with E-state index in [9.17, 15) is 13.2 Å². The van der Waals surface area contributed by atoms with Crippen molar-refractivity contribution in [3.05, 3.63) is 48.3 Å². The van der Waals surface area contributed by atoms with E-state index in [0.717, 1.165) is 5.56 Å². The Labute approximate surface area is 182 Å². The number of hydrogen-bond donors (Lipinski definition) is 1. The highest BCUT2D eigenvalue weighted by molar-refractivity contribution is 7.89. The number of amides is 1. The van der Waals surface area contributed by atoms with Crippen molar-refractivity contribution < 1.29 is 22.7 Å². The monoisotopic (exact) mass is 446 g/mol. The second-order valence-electron chi connectivity index (χ2n) is 7.56. The molecule has 9 nitrogen and oxygen atoms in total. The highest BCUT2D eigenvalue weighted by Gasteiger charge is 2.29. The molecule has 2 aliphatic heterocycles. The highest BCUT2D eigenvalue weighted by Crippen LogP contribution is 2.32. The van der Waals surface area contributed by atoms with Gasteiger partial charge in [0.1, 0.15) is 18.1 Å². The number of pyridine rings is 1. The van der Waals surface area contributed by atoms with Crippen molar-refractivity contribution in [2.24, 2.45) is 0 Å². The number of nitrogens with zero attached hydrogens (tertiary/aromatic N) is 3. The number of carbonyl (C=O) groups is 1. The molecule has 1 unspecified atom stereocenters. The molecule has 166 valence electrons. The molecule has 10 heteroatoms. The molecule has 3 heterocycles. The Morgan fingerprint density at radius 3 is 2.58 bits per heavy atom. The summed E-state index contributed by atoms with van der Waals surface area (Å²) in [5.41, 5.74) is 0.935. The van der Waals surface area contributed by atoms with Gasteiger partial charge in [0.25, 0.3) is 0 Å². The maximum atomic E-state index is 12.7. The van der Waals surface area contributed by atoms with E-state index in [-0.39, 0.29) is 23.4 Å². The minimum Gasteiger partial charge on any atom is -0.486 e. The second kappa shape index (κ2) is 9.21. The van der Waals surface area contributed by atoms with Crippen molar-refractivity contribution >= 4 is 15.9 Å². The normalized spacial score (nSPS) is 18.4. The number of rotatable bonds is 6. The maximum Gasteiger partial charge on any atom is 0.244 e. The van der Waals surface area contributed by atoms with Crippen LogP contribution in [0.2, 0.25) is 0 Å². The molecule has 2 aliphatic rings. The summed E-state index contributed by atoms with van der Waals surface area (Å²) >= 11 is 0. The summed E-state index contributed by atoms with van der Waals surface area (Å²) in [6.07, 6.45) is 2.90. The number of fused-ring (bicyclic) bond motifs is 1. The Kier molecular flexibility index (Phi) is 6.40. The average Bonchev–Trinajstić information content (AvgIpc) is 2.79. The van der Waals surface area contributed by atoms with Crippen LogP contribution in [0, 0.1) is 0 Å². The van der Waals surface area contributed by atoms with Crippen molar-refractivity contribution in [3.63, 3.8) is 0 Å². The van der Waals surface area contributed by atoms with Crippen LogP contribution in [0.5, 0.6) is 11.5 Å². The van der Waals surface area contributed by atoms with E-state index in [1.54, 1.807) is 18.3 Å². The van der Waals surface area contributed by atoms with Gasteiger partial charge in [-0.2, -0.15) is 4.31 Å². The van der Waals surface area contributed by atoms with Crippen LogP contribution in [-0.4, -0.2) is 74.5 Å². The van der Waals surface area contributed by atoms with E-state index in [4.69, 9.17) is 9.47 Å². The van der Waals surface area contributed by atoms with Crippen molar-refractivity contribution in [3.8, 4) is 11.5 Å². The topological polar surface area (TPSA) is 101 Å². The summed E-state index contributed by atoms with van der Waals surface area (Å²) in [6.45, 7) is 4.84. The molecule has 4 rings (SSSR count). The molecule has 1 amide bonds. The van der Waals surface area contributed by atoms with Gasteiger partial charge in [-0.15, -0.1) is 0 Å². The van der Waals surface area contributed by atoms with Crippen LogP contribution in [0.15, 0.2) is 47.6 Å². The van der Waals surface area contributed by atoms with E-state index in [0.29, 0.717) is 50.9 Å². The lowest BCUT2D eigenvalue weighted by Crippen LogP contribution is -2.51. The molecule has 0 spiro atoms. The Morgan fingerprint density at radius 1 is 1.13 bits per heavy atom. The SMILES string of the molecule is CC(NC(=O)CN1CCN(S(=O)(=O)c2cccnc2)CC1)c1ccc2c(c1)OCCO2. The van der Waals surface area contributed by atoms with Gasteiger partial charge in [0.15, 0.2) is 11.5 Å². The van der Waals surface area contributed by atoms with Gasteiger partial charge in [-0.25, -0.2) is 8.42 Å². The number of hydrogen-bond acceptors (Lipinski definition) is 7. The van der Waals surface area contributed by atoms with Crippen LogP contribution in [0.1, 0.15) is 18.5 Å². The van der Waals surface area contributed by atoms with E-state index in [1.165, 1.54) is 10.5 Å². The molecule has 0 radical (unpaired) electrons. The summed E-state index contributed by atoms with van der Waals surface area (Å²) in [6, 6.07) is 8.63. The number of aromatic nitrogens is 1. The summed E-state index contributed by atoms with van der Waals surface area (Å²) in [5, 5.41) is 3.00. The largest absolute Gasteiger partial charge is 0.486 e. The predicted octanol–water partition coefficient (Wildman–Crippen LogP) is 1.04. The number of ether oxygens (including phenoxy) is 2. The lowest BCUT2D eigenvalue weighted by molar-refractivity contribution is -0.123. The van der Waals surface area contributed by atoms with Crippen LogP contribution < -0.4 is 14.8 Å². The summed E-state index contributed by atoms with van der Waals surface area (Å²) in [5.74, 6) is 1.30. The number of carbonyl (C=O) groups excluding carboxylic acids is 1. The Hall–Kier alpha value is -2.69. The van der Waals surface area contributed by atoms with Crippen LogP contribution in [-0.2, 0) is 14.8 Å². The van der Waals surface area contributed by atoms with Crippen molar-refractivity contribution in [2.45, 2.75) is 17.9 Å². The summed E-state index contributed by atoms with van der Waals surface area (Å²) in [4.78, 5) is 18.6. The van der Waals surface area contributed by atoms with Gasteiger partial charge in [0, 0.05) is 38.6 Å². The molecule has 1 atom stereocenters. The lowest BCUT2D eigenvalue weighted by atomic mass is 10.1. The Balaban J connectivity index is 1.28. The fraction of sp³-hybridized carbons (Fsp3) is 0.429. The molecule has 0 bridgehead atoms. The van der Waals surface area contributed by atoms with Crippen LogP contribution in [0.3, 0.4) is 0 Å². The van der Waals surface area contributed by atoms with Gasteiger partial charge in [-0.05, 0) is 36.8 Å². The molecular weight excluding hydrogens is 420 g/mol. The van der Waals surface area contributed by atoms with Crippen molar-refractivity contribution in [1.29, 1.82) is 0 Å². The first-order valence-corrected chi connectivity index (χ1v) is 11.7. The van der Waals surface area contributed by atoms with Gasteiger partial charge < -0.3 is 14.8 Å². The van der Waals surface area contributed by atoms with E-state index < -0.39 is 10.0 Å². The molecule has 0 aliphatic carbocycles. The van der Waals surface area contributed by atoms with Crippen LogP contribution in [0.25, 0.3) is 0 Å². The maximum absolute atomic E-state index is 12.7. The molecule has 0 saturated carbocycles. The third-order valence-electron chi connectivity index (χ3n) is 5.41. The van der Waals surface area contributed by atoms with Gasteiger partial charge in [0.05, 0.1) is 12.6 Å². The van der Waals surface area contributed by atoms with E-state index >= 15 is 0 Å². The molecule has 1 saturated heterocycles. The van der Waals surface area contributed by atoms with Gasteiger partial charge in [-0.1, -0.05) is 6.07 Å². The van der Waals surface area contributed by atoms with E-state index in [2.05, 4.69) is 10.3 Å².